The summed E-state index contributed by atoms with van der Waals surface area (Å²) in [4.78, 5) is 11.6. The van der Waals surface area contributed by atoms with Gasteiger partial charge in [-0.05, 0) is 24.6 Å². The van der Waals surface area contributed by atoms with Crippen molar-refractivity contribution in [2.24, 2.45) is 0 Å². The molecule has 106 valence electrons. The van der Waals surface area contributed by atoms with Crippen molar-refractivity contribution in [1.29, 1.82) is 0 Å². The molecule has 0 aromatic heterocycles. The van der Waals surface area contributed by atoms with Crippen molar-refractivity contribution in [3.05, 3.63) is 35.6 Å². The normalized spacial score (nSPS) is 13.0. The van der Waals surface area contributed by atoms with Crippen molar-refractivity contribution in [3.63, 3.8) is 0 Å². The molecule has 1 amide bonds. The van der Waals surface area contributed by atoms with Crippen LogP contribution in [0.4, 0.5) is 4.39 Å². The van der Waals surface area contributed by atoms with Crippen LogP contribution in [0, 0.1) is 5.82 Å². The van der Waals surface area contributed by atoms with Crippen molar-refractivity contribution in [3.8, 4) is 0 Å². The van der Waals surface area contributed by atoms with E-state index in [1.165, 1.54) is 12.1 Å². The van der Waals surface area contributed by atoms with E-state index in [0.717, 1.165) is 11.8 Å². The highest BCUT2D eigenvalue weighted by atomic mass is 32.2. The Hall–Kier alpha value is -1.47. The summed E-state index contributed by atoms with van der Waals surface area (Å²) in [6.45, 7) is 1.83. The second-order valence-corrected chi connectivity index (χ2v) is 6.09. The topological polar surface area (TPSA) is 75.3 Å². The lowest BCUT2D eigenvalue weighted by Gasteiger charge is -2.14. The first-order valence-corrected chi connectivity index (χ1v) is 7.66. The zero-order valence-corrected chi connectivity index (χ0v) is 11.6. The Bertz CT molecular complexity index is 528. The van der Waals surface area contributed by atoms with Crippen molar-refractivity contribution < 1.29 is 17.6 Å². The van der Waals surface area contributed by atoms with Gasteiger partial charge in [0.15, 0.2) is 0 Å². The van der Waals surface area contributed by atoms with E-state index in [0.29, 0.717) is 0 Å². The lowest BCUT2D eigenvalue weighted by Crippen LogP contribution is -2.31. The third-order valence-electron chi connectivity index (χ3n) is 2.46. The Balaban J connectivity index is 2.42. The Labute approximate surface area is 112 Å². The Morgan fingerprint density at radius 2 is 1.89 bits per heavy atom. The largest absolute Gasteiger partial charge is 0.350 e. The minimum atomic E-state index is -3.28. The first-order chi connectivity index (χ1) is 8.78. The summed E-state index contributed by atoms with van der Waals surface area (Å²) >= 11 is 0. The van der Waals surface area contributed by atoms with Crippen LogP contribution in [0.15, 0.2) is 24.3 Å². The van der Waals surface area contributed by atoms with Gasteiger partial charge in [-0.15, -0.1) is 0 Å². The molecule has 5 nitrogen and oxygen atoms in total. The van der Waals surface area contributed by atoms with Gasteiger partial charge in [-0.3, -0.25) is 4.79 Å². The molecular weight excluding hydrogens is 271 g/mol. The molecule has 0 aliphatic heterocycles. The maximum absolute atomic E-state index is 12.7. The predicted octanol–water partition coefficient (Wildman–Crippen LogP) is 0.942. The van der Waals surface area contributed by atoms with Crippen LogP contribution in [0.3, 0.4) is 0 Å². The number of halogens is 1. The minimum Gasteiger partial charge on any atom is -0.350 e. The van der Waals surface area contributed by atoms with Gasteiger partial charge in [-0.25, -0.2) is 17.5 Å². The molecule has 1 aromatic carbocycles. The zero-order chi connectivity index (χ0) is 14.5. The van der Waals surface area contributed by atoms with Crippen LogP contribution in [-0.4, -0.2) is 27.1 Å². The molecule has 0 saturated carbocycles. The Morgan fingerprint density at radius 1 is 1.32 bits per heavy atom. The highest BCUT2D eigenvalue weighted by molar-refractivity contribution is 7.88. The van der Waals surface area contributed by atoms with Crippen molar-refractivity contribution >= 4 is 15.9 Å². The van der Waals surface area contributed by atoms with Crippen LogP contribution >= 0.6 is 0 Å². The number of hydrogen-bond donors (Lipinski definition) is 2. The molecule has 0 saturated heterocycles. The fourth-order valence-electron chi connectivity index (χ4n) is 1.50. The molecule has 0 spiro atoms. The Kier molecular flexibility index (Phi) is 5.44. The van der Waals surface area contributed by atoms with E-state index in [-0.39, 0.29) is 30.7 Å². The molecule has 0 fully saturated rings. The van der Waals surface area contributed by atoms with E-state index in [2.05, 4.69) is 10.0 Å². The van der Waals surface area contributed by atoms with Crippen molar-refractivity contribution in [2.75, 3.05) is 12.8 Å². The van der Waals surface area contributed by atoms with E-state index in [9.17, 15) is 17.6 Å². The van der Waals surface area contributed by atoms with Gasteiger partial charge < -0.3 is 5.32 Å². The van der Waals surface area contributed by atoms with Crippen LogP contribution in [0.2, 0.25) is 0 Å². The van der Waals surface area contributed by atoms with Gasteiger partial charge in [0.2, 0.25) is 15.9 Å². The summed E-state index contributed by atoms with van der Waals surface area (Å²) in [5, 5.41) is 2.71. The fourth-order valence-corrected chi connectivity index (χ4v) is 1.97. The minimum absolute atomic E-state index is 0.0542. The molecule has 1 rings (SSSR count). The number of benzene rings is 1. The van der Waals surface area contributed by atoms with Crippen LogP contribution in [-0.2, 0) is 14.8 Å². The van der Waals surface area contributed by atoms with E-state index in [1.807, 2.05) is 0 Å². The van der Waals surface area contributed by atoms with Gasteiger partial charge in [0.05, 0.1) is 12.3 Å². The fraction of sp³-hybridized carbons (Fsp3) is 0.417. The van der Waals surface area contributed by atoms with E-state index in [4.69, 9.17) is 0 Å². The third-order valence-corrected chi connectivity index (χ3v) is 3.19. The molecule has 0 heterocycles. The lowest BCUT2D eigenvalue weighted by atomic mass is 10.1. The highest BCUT2D eigenvalue weighted by Gasteiger charge is 2.10. The molecule has 2 N–H and O–H groups in total. The first-order valence-electron chi connectivity index (χ1n) is 5.77. The van der Waals surface area contributed by atoms with Crippen molar-refractivity contribution in [2.45, 2.75) is 19.4 Å². The molecule has 0 aliphatic carbocycles. The van der Waals surface area contributed by atoms with Gasteiger partial charge in [-0.2, -0.15) is 0 Å². The van der Waals surface area contributed by atoms with E-state index < -0.39 is 10.0 Å². The van der Waals surface area contributed by atoms with Gasteiger partial charge in [-0.1, -0.05) is 12.1 Å². The average molecular weight is 288 g/mol. The molecule has 1 aromatic rings. The highest BCUT2D eigenvalue weighted by Crippen LogP contribution is 2.12. The molecule has 7 heteroatoms. The van der Waals surface area contributed by atoms with Gasteiger partial charge >= 0.3 is 0 Å². The van der Waals surface area contributed by atoms with Crippen LogP contribution < -0.4 is 10.0 Å². The van der Waals surface area contributed by atoms with Crippen molar-refractivity contribution in [1.82, 2.24) is 10.0 Å². The standard InChI is InChI=1S/C12H17FN2O3S/c1-9(10-3-5-11(13)6-4-10)15-12(16)7-8-14-19(2,17)18/h3-6,9,14H,7-8H2,1-2H3,(H,15,16)/t9-/m0/s1. The smallest absolute Gasteiger partial charge is 0.221 e. The number of carbonyl (C=O) groups excluding carboxylic acids is 1. The monoisotopic (exact) mass is 288 g/mol. The van der Waals surface area contributed by atoms with E-state index >= 15 is 0 Å². The maximum Gasteiger partial charge on any atom is 0.221 e. The quantitative estimate of drug-likeness (QED) is 0.818. The molecular formula is C12H17FN2O3S. The third kappa shape index (κ3) is 6.30. The number of hydrogen-bond acceptors (Lipinski definition) is 3. The zero-order valence-electron chi connectivity index (χ0n) is 10.8. The first kappa shape index (κ1) is 15.6. The predicted molar refractivity (Wildman–Crippen MR) is 70.4 cm³/mol. The lowest BCUT2D eigenvalue weighted by molar-refractivity contribution is -0.121. The summed E-state index contributed by atoms with van der Waals surface area (Å²) in [5.74, 6) is -0.604. The number of nitrogens with one attached hydrogen (secondary N) is 2. The summed E-state index contributed by atoms with van der Waals surface area (Å²) in [7, 11) is -3.28. The van der Waals surface area contributed by atoms with Gasteiger partial charge in [0.25, 0.3) is 0 Å². The summed E-state index contributed by atoms with van der Waals surface area (Å²) in [6.07, 6.45) is 1.09. The van der Waals surface area contributed by atoms with E-state index in [1.54, 1.807) is 19.1 Å². The molecule has 0 bridgehead atoms. The number of carbonyl (C=O) groups is 1. The number of sulfonamides is 1. The Morgan fingerprint density at radius 3 is 2.42 bits per heavy atom. The SMILES string of the molecule is C[C@H](NC(=O)CCNS(C)(=O)=O)c1ccc(F)cc1. The van der Waals surface area contributed by atoms with Gasteiger partial charge in [0, 0.05) is 13.0 Å². The molecule has 0 aliphatic rings. The molecule has 0 unspecified atom stereocenters. The van der Waals surface area contributed by atoms with Gasteiger partial charge in [0.1, 0.15) is 5.82 Å². The van der Waals surface area contributed by atoms with Crippen LogP contribution in [0.5, 0.6) is 0 Å². The summed E-state index contributed by atoms with van der Waals surface area (Å²) < 4.78 is 36.6. The summed E-state index contributed by atoms with van der Waals surface area (Å²) in [6, 6.07) is 5.57. The number of amides is 1. The second kappa shape index (κ2) is 6.63. The van der Waals surface area contributed by atoms with Crippen LogP contribution in [0.1, 0.15) is 24.9 Å². The molecule has 19 heavy (non-hydrogen) atoms. The van der Waals surface area contributed by atoms with Crippen LogP contribution in [0.25, 0.3) is 0 Å². The number of rotatable bonds is 6. The average Bonchev–Trinajstić information content (AvgIpc) is 2.27. The second-order valence-electron chi connectivity index (χ2n) is 4.26. The maximum atomic E-state index is 12.7. The molecule has 0 radical (unpaired) electrons. The molecule has 1 atom stereocenters. The summed E-state index contributed by atoms with van der Waals surface area (Å²) in [5.41, 5.74) is 0.783.